The van der Waals surface area contributed by atoms with Gasteiger partial charge in [-0.05, 0) is 36.2 Å². The molecule has 0 aliphatic carbocycles. The summed E-state index contributed by atoms with van der Waals surface area (Å²) in [7, 11) is 1.69. The molecule has 18 heavy (non-hydrogen) atoms. The van der Waals surface area contributed by atoms with Crippen molar-refractivity contribution >= 4 is 15.9 Å². The fourth-order valence-corrected chi connectivity index (χ4v) is 2.67. The number of nitrogens with two attached hydrogens (primary N) is 1. The Morgan fingerprint density at radius 1 is 1.50 bits per heavy atom. The Hall–Kier alpha value is -0.430. The summed E-state index contributed by atoms with van der Waals surface area (Å²) >= 11 is 3.64. The van der Waals surface area contributed by atoms with Crippen molar-refractivity contribution in [1.82, 2.24) is 15.2 Å². The monoisotopic (exact) mass is 318 g/mol. The minimum atomic E-state index is 0.0483. The lowest BCUT2D eigenvalue weighted by molar-refractivity contribution is 0.0824. The summed E-state index contributed by atoms with van der Waals surface area (Å²) in [6.45, 7) is 7.05. The van der Waals surface area contributed by atoms with Crippen molar-refractivity contribution in [1.29, 1.82) is 0 Å². The Balaban J connectivity index is 2.97. The van der Waals surface area contributed by atoms with E-state index in [2.05, 4.69) is 40.3 Å². The van der Waals surface area contributed by atoms with Crippen LogP contribution in [0.25, 0.3) is 0 Å². The van der Waals surface area contributed by atoms with Gasteiger partial charge in [-0.3, -0.25) is 16.0 Å². The lowest BCUT2D eigenvalue weighted by atomic mass is 10.1. The number of hydrogen-bond acceptors (Lipinski definition) is 4. The number of ether oxygens (including phenoxy) is 1. The molecule has 0 amide bonds. The van der Waals surface area contributed by atoms with Gasteiger partial charge in [-0.1, -0.05) is 6.92 Å². The van der Waals surface area contributed by atoms with E-state index in [9.17, 15) is 0 Å². The molecule has 0 aromatic carbocycles. The molecule has 6 heteroatoms. The molecule has 1 aromatic heterocycles. The number of aryl methyl sites for hydroxylation is 2. The fourth-order valence-electron chi connectivity index (χ4n) is 1.95. The van der Waals surface area contributed by atoms with Gasteiger partial charge in [-0.25, -0.2) is 0 Å². The van der Waals surface area contributed by atoms with Gasteiger partial charge in [-0.15, -0.1) is 0 Å². The predicted molar refractivity (Wildman–Crippen MR) is 76.3 cm³/mol. The van der Waals surface area contributed by atoms with Crippen LogP contribution in [0.15, 0.2) is 4.47 Å². The summed E-state index contributed by atoms with van der Waals surface area (Å²) < 4.78 is 8.45. The van der Waals surface area contributed by atoms with Crippen LogP contribution in [0.1, 0.15) is 32.2 Å². The van der Waals surface area contributed by atoms with Gasteiger partial charge in [0.2, 0.25) is 0 Å². The molecule has 0 saturated heterocycles. The maximum absolute atomic E-state index is 5.60. The zero-order valence-electron chi connectivity index (χ0n) is 11.5. The number of nitrogens with zero attached hydrogens (tertiary/aromatic N) is 2. The van der Waals surface area contributed by atoms with Crippen LogP contribution in [-0.2, 0) is 24.1 Å². The first-order chi connectivity index (χ1) is 8.58. The largest absolute Gasteiger partial charge is 0.380 e. The van der Waals surface area contributed by atoms with Gasteiger partial charge in [0.05, 0.1) is 28.0 Å². The number of nitrogens with one attached hydrogen (secondary N) is 1. The number of halogens is 1. The summed E-state index contributed by atoms with van der Waals surface area (Å²) in [5.41, 5.74) is 5.08. The average Bonchev–Trinajstić information content (AvgIpc) is 2.71. The Bertz CT molecular complexity index is 380. The Morgan fingerprint density at radius 2 is 2.17 bits per heavy atom. The number of hydrogen-bond donors (Lipinski definition) is 2. The molecule has 0 saturated carbocycles. The molecule has 5 nitrogen and oxygen atoms in total. The smallest absolute Gasteiger partial charge is 0.0766 e. The van der Waals surface area contributed by atoms with E-state index in [-0.39, 0.29) is 12.1 Å². The van der Waals surface area contributed by atoms with E-state index in [1.54, 1.807) is 7.11 Å². The standard InChI is InChI=1S/C12H23BrN4O/c1-5-9-12(13)11(17(6-2)16-9)7-10(15-14)8(3)18-4/h8,10,15H,5-7,14H2,1-4H3. The third kappa shape index (κ3) is 3.32. The number of aromatic nitrogens is 2. The Kier molecular flexibility index (Phi) is 6.28. The molecule has 0 fully saturated rings. The molecule has 0 spiro atoms. The second-order valence-electron chi connectivity index (χ2n) is 4.29. The van der Waals surface area contributed by atoms with Crippen molar-refractivity contribution in [2.75, 3.05) is 7.11 Å². The highest BCUT2D eigenvalue weighted by Crippen LogP contribution is 2.24. The van der Waals surface area contributed by atoms with Crippen LogP contribution in [0.5, 0.6) is 0 Å². The van der Waals surface area contributed by atoms with Gasteiger partial charge in [0.15, 0.2) is 0 Å². The highest BCUT2D eigenvalue weighted by Gasteiger charge is 2.21. The maximum Gasteiger partial charge on any atom is 0.0766 e. The first kappa shape index (κ1) is 15.6. The third-order valence-corrected chi connectivity index (χ3v) is 4.18. The summed E-state index contributed by atoms with van der Waals surface area (Å²) in [5.74, 6) is 5.60. The molecular weight excluding hydrogens is 296 g/mol. The molecule has 1 rings (SSSR count). The molecule has 0 aliphatic heterocycles. The zero-order chi connectivity index (χ0) is 13.7. The molecule has 2 unspecified atom stereocenters. The van der Waals surface area contributed by atoms with Crippen molar-refractivity contribution in [3.63, 3.8) is 0 Å². The predicted octanol–water partition coefficient (Wildman–Crippen LogP) is 1.64. The highest BCUT2D eigenvalue weighted by atomic mass is 79.9. The Labute approximate surface area is 117 Å². The zero-order valence-corrected chi connectivity index (χ0v) is 13.1. The number of rotatable bonds is 7. The minimum Gasteiger partial charge on any atom is -0.380 e. The minimum absolute atomic E-state index is 0.0483. The SMILES string of the molecule is CCc1nn(CC)c(CC(NN)C(C)OC)c1Br. The number of methoxy groups -OCH3 is 1. The van der Waals surface area contributed by atoms with E-state index in [0.29, 0.717) is 0 Å². The number of hydrazine groups is 1. The first-order valence-corrected chi connectivity index (χ1v) is 7.11. The van der Waals surface area contributed by atoms with Crippen molar-refractivity contribution in [2.24, 2.45) is 5.84 Å². The van der Waals surface area contributed by atoms with Gasteiger partial charge in [0, 0.05) is 20.1 Å². The lowest BCUT2D eigenvalue weighted by Crippen LogP contribution is -2.45. The molecule has 3 N–H and O–H groups in total. The van der Waals surface area contributed by atoms with Crippen molar-refractivity contribution in [3.05, 3.63) is 15.9 Å². The van der Waals surface area contributed by atoms with Gasteiger partial charge >= 0.3 is 0 Å². The normalized spacial score (nSPS) is 14.8. The maximum atomic E-state index is 5.60. The molecule has 0 radical (unpaired) electrons. The van der Waals surface area contributed by atoms with Crippen LogP contribution in [0.4, 0.5) is 0 Å². The van der Waals surface area contributed by atoms with E-state index < -0.39 is 0 Å². The summed E-state index contributed by atoms with van der Waals surface area (Å²) in [5, 5.41) is 4.58. The topological polar surface area (TPSA) is 65.1 Å². The second kappa shape index (κ2) is 7.23. The van der Waals surface area contributed by atoms with E-state index in [1.807, 2.05) is 11.6 Å². The third-order valence-electron chi connectivity index (χ3n) is 3.26. The van der Waals surface area contributed by atoms with Gasteiger partial charge in [0.25, 0.3) is 0 Å². The van der Waals surface area contributed by atoms with E-state index in [4.69, 9.17) is 10.6 Å². The molecular formula is C12H23BrN4O. The van der Waals surface area contributed by atoms with E-state index >= 15 is 0 Å². The van der Waals surface area contributed by atoms with Crippen molar-refractivity contribution in [2.45, 2.75) is 52.3 Å². The van der Waals surface area contributed by atoms with Crippen LogP contribution >= 0.6 is 15.9 Å². The van der Waals surface area contributed by atoms with Crippen molar-refractivity contribution < 1.29 is 4.74 Å². The molecule has 104 valence electrons. The molecule has 0 aliphatic rings. The van der Waals surface area contributed by atoms with Crippen molar-refractivity contribution in [3.8, 4) is 0 Å². The summed E-state index contributed by atoms with van der Waals surface area (Å²) in [6, 6.07) is 0.0676. The van der Waals surface area contributed by atoms with Crippen LogP contribution in [-0.4, -0.2) is 29.0 Å². The van der Waals surface area contributed by atoms with Gasteiger partial charge in [-0.2, -0.15) is 5.10 Å². The van der Waals surface area contributed by atoms with Crippen LogP contribution in [0.2, 0.25) is 0 Å². The van der Waals surface area contributed by atoms with Crippen LogP contribution < -0.4 is 11.3 Å². The fraction of sp³-hybridized carbons (Fsp3) is 0.750. The van der Waals surface area contributed by atoms with Crippen LogP contribution in [0, 0.1) is 0 Å². The molecule has 2 atom stereocenters. The first-order valence-electron chi connectivity index (χ1n) is 6.31. The Morgan fingerprint density at radius 3 is 2.61 bits per heavy atom. The molecule has 0 bridgehead atoms. The highest BCUT2D eigenvalue weighted by molar-refractivity contribution is 9.10. The van der Waals surface area contributed by atoms with Gasteiger partial charge < -0.3 is 4.74 Å². The second-order valence-corrected chi connectivity index (χ2v) is 5.09. The summed E-state index contributed by atoms with van der Waals surface area (Å²) in [6.07, 6.45) is 1.75. The summed E-state index contributed by atoms with van der Waals surface area (Å²) in [4.78, 5) is 0. The van der Waals surface area contributed by atoms with E-state index in [1.165, 1.54) is 5.69 Å². The average molecular weight is 319 g/mol. The van der Waals surface area contributed by atoms with Gasteiger partial charge in [0.1, 0.15) is 0 Å². The molecule has 1 heterocycles. The molecule has 1 aromatic rings. The lowest BCUT2D eigenvalue weighted by Gasteiger charge is -2.22. The van der Waals surface area contributed by atoms with Crippen LogP contribution in [0.3, 0.4) is 0 Å². The van der Waals surface area contributed by atoms with E-state index in [0.717, 1.165) is 29.6 Å². The quantitative estimate of drug-likeness (QED) is 0.592.